The number of hydrogen-bond acceptors (Lipinski definition) is 3. The van der Waals surface area contributed by atoms with Crippen LogP contribution >= 0.6 is 0 Å². The summed E-state index contributed by atoms with van der Waals surface area (Å²) in [6.45, 7) is 0. The van der Waals surface area contributed by atoms with Gasteiger partial charge in [-0.15, -0.1) is 0 Å². The first kappa shape index (κ1) is 8.26. The van der Waals surface area contributed by atoms with Gasteiger partial charge >= 0.3 is 11.8 Å². The Hall–Kier alpha value is -2.35. The zero-order chi connectivity index (χ0) is 10.1. The van der Waals surface area contributed by atoms with Crippen LogP contribution in [-0.4, -0.2) is 11.8 Å². The molecule has 1 aromatic rings. The first-order chi connectivity index (χ1) is 6.70. The molecule has 1 aliphatic heterocycles. The average molecular weight is 185 g/mol. The lowest BCUT2D eigenvalue weighted by atomic mass is 10.2. The Morgan fingerprint density at radius 1 is 1.07 bits per heavy atom. The summed E-state index contributed by atoms with van der Waals surface area (Å²) in [6, 6.07) is 6.33. The Labute approximate surface area is 78.0 Å². The zero-order valence-electron chi connectivity index (χ0n) is 6.89. The Morgan fingerprint density at radius 2 is 1.71 bits per heavy atom. The van der Waals surface area contributed by atoms with Crippen molar-refractivity contribution in [1.82, 2.24) is 0 Å². The van der Waals surface area contributed by atoms with Crippen molar-refractivity contribution in [2.45, 2.75) is 0 Å². The number of amides is 2. The fourth-order valence-electron chi connectivity index (χ4n) is 1.09. The lowest BCUT2D eigenvalue weighted by Crippen LogP contribution is -2.34. The summed E-state index contributed by atoms with van der Waals surface area (Å²) in [5, 5.41) is 9.18. The summed E-state index contributed by atoms with van der Waals surface area (Å²) in [5.74, 6) is -1.77. The second kappa shape index (κ2) is 2.85. The van der Waals surface area contributed by atoms with Gasteiger partial charge in [0.1, 0.15) is 0 Å². The number of carbonyl (C=O) groups excluding carboxylic acids is 2. The lowest BCUT2D eigenvalue weighted by Gasteiger charge is -1.96. The van der Waals surface area contributed by atoms with Gasteiger partial charge in [-0.3, -0.25) is 9.59 Å². The van der Waals surface area contributed by atoms with Crippen molar-refractivity contribution >= 4 is 11.8 Å². The van der Waals surface area contributed by atoms with E-state index in [1.54, 1.807) is 0 Å². The molecule has 0 bridgehead atoms. The number of hydrogen-bond donors (Lipinski definition) is 0. The maximum atomic E-state index is 10.9. The van der Waals surface area contributed by atoms with Gasteiger partial charge in [0.2, 0.25) is 0 Å². The highest BCUT2D eigenvalue weighted by Gasteiger charge is 2.14. The molecule has 2 amide bonds. The zero-order valence-corrected chi connectivity index (χ0v) is 6.89. The normalized spacial score (nSPS) is 13.6. The van der Waals surface area contributed by atoms with Crippen molar-refractivity contribution in [3.8, 4) is 6.07 Å². The second-order valence-electron chi connectivity index (χ2n) is 2.65. The van der Waals surface area contributed by atoms with Gasteiger partial charge in [-0.25, -0.2) is 9.98 Å². The van der Waals surface area contributed by atoms with Crippen molar-refractivity contribution in [1.29, 1.82) is 5.26 Å². The number of benzene rings is 1. The molecule has 0 saturated carbocycles. The monoisotopic (exact) mass is 185 g/mol. The van der Waals surface area contributed by atoms with E-state index in [9.17, 15) is 9.59 Å². The molecule has 0 unspecified atom stereocenters. The highest BCUT2D eigenvalue weighted by atomic mass is 16.2. The maximum Gasteiger partial charge on any atom is 0.338 e. The fourth-order valence-corrected chi connectivity index (χ4v) is 1.09. The van der Waals surface area contributed by atoms with Gasteiger partial charge in [-0.1, -0.05) is 0 Å². The molecular weight excluding hydrogens is 182 g/mol. The third kappa shape index (κ3) is 1.19. The van der Waals surface area contributed by atoms with E-state index in [0.29, 0.717) is 10.9 Å². The van der Waals surface area contributed by atoms with E-state index in [0.717, 1.165) is 0 Å². The van der Waals surface area contributed by atoms with Crippen LogP contribution in [0, 0.1) is 11.3 Å². The van der Waals surface area contributed by atoms with Crippen LogP contribution in [0.25, 0.3) is 0 Å². The largest absolute Gasteiger partial charge is 0.338 e. The number of nitrogens with zero attached hydrogens (tertiary/aromatic N) is 3. The molecule has 2 rings (SSSR count). The average Bonchev–Trinajstić information content (AvgIpc) is 2.19. The minimum atomic E-state index is -0.896. The van der Waals surface area contributed by atoms with E-state index in [4.69, 9.17) is 5.26 Å². The van der Waals surface area contributed by atoms with Crippen molar-refractivity contribution in [2.24, 2.45) is 9.98 Å². The Balaban J connectivity index is 2.82. The SMILES string of the molecule is N#Cc1ccc2c(c1)=NC(=O)C(=O)N=2. The van der Waals surface area contributed by atoms with E-state index in [2.05, 4.69) is 9.98 Å². The minimum Gasteiger partial charge on any atom is -0.261 e. The molecule has 5 heteroatoms. The summed E-state index contributed by atoms with van der Waals surface area (Å²) in [6.07, 6.45) is 0. The first-order valence-electron chi connectivity index (χ1n) is 3.76. The molecule has 1 heterocycles. The van der Waals surface area contributed by atoms with Crippen LogP contribution in [0.1, 0.15) is 5.56 Å². The Bertz CT molecular complexity index is 595. The van der Waals surface area contributed by atoms with Gasteiger partial charge in [0, 0.05) is 0 Å². The third-order valence-corrected chi connectivity index (χ3v) is 1.73. The molecule has 0 atom stereocenters. The molecule has 0 saturated heterocycles. The van der Waals surface area contributed by atoms with Gasteiger partial charge in [-0.05, 0) is 18.2 Å². The van der Waals surface area contributed by atoms with Crippen LogP contribution in [0.5, 0.6) is 0 Å². The molecule has 0 N–H and O–H groups in total. The highest BCUT2D eigenvalue weighted by Crippen LogP contribution is 1.90. The van der Waals surface area contributed by atoms with Crippen molar-refractivity contribution in [3.63, 3.8) is 0 Å². The van der Waals surface area contributed by atoms with Gasteiger partial charge in [0.25, 0.3) is 0 Å². The van der Waals surface area contributed by atoms with Gasteiger partial charge in [-0.2, -0.15) is 5.26 Å². The number of carbonyl (C=O) groups is 2. The van der Waals surface area contributed by atoms with E-state index in [-0.39, 0.29) is 5.36 Å². The van der Waals surface area contributed by atoms with Crippen molar-refractivity contribution in [3.05, 3.63) is 34.5 Å². The number of nitriles is 1. The third-order valence-electron chi connectivity index (χ3n) is 1.73. The Morgan fingerprint density at radius 3 is 2.36 bits per heavy atom. The Kier molecular flexibility index (Phi) is 1.68. The standard InChI is InChI=1S/C9H3N3O2/c10-4-5-1-2-6-7(3-5)12-9(14)8(13)11-6/h1-3H. The van der Waals surface area contributed by atoms with E-state index >= 15 is 0 Å². The van der Waals surface area contributed by atoms with E-state index in [1.165, 1.54) is 18.2 Å². The molecule has 0 spiro atoms. The van der Waals surface area contributed by atoms with E-state index in [1.807, 2.05) is 6.07 Å². The van der Waals surface area contributed by atoms with E-state index < -0.39 is 11.8 Å². The van der Waals surface area contributed by atoms with Gasteiger partial charge in [0.15, 0.2) is 0 Å². The van der Waals surface area contributed by atoms with Gasteiger partial charge in [0.05, 0.1) is 22.3 Å². The molecular formula is C9H3N3O2. The quantitative estimate of drug-likeness (QED) is 0.479. The summed E-state index contributed by atoms with van der Waals surface area (Å²) >= 11 is 0. The molecule has 5 nitrogen and oxygen atoms in total. The second-order valence-corrected chi connectivity index (χ2v) is 2.65. The van der Waals surface area contributed by atoms with Crippen LogP contribution in [0.3, 0.4) is 0 Å². The summed E-state index contributed by atoms with van der Waals surface area (Å²) in [4.78, 5) is 28.7. The van der Waals surface area contributed by atoms with Crippen LogP contribution in [0.4, 0.5) is 0 Å². The molecule has 1 aromatic carbocycles. The van der Waals surface area contributed by atoms with Crippen LogP contribution < -0.4 is 10.7 Å². The predicted molar refractivity (Wildman–Crippen MR) is 43.5 cm³/mol. The van der Waals surface area contributed by atoms with Crippen molar-refractivity contribution in [2.75, 3.05) is 0 Å². The topological polar surface area (TPSA) is 82.6 Å². The maximum absolute atomic E-state index is 10.9. The minimum absolute atomic E-state index is 0.272. The molecule has 0 aliphatic carbocycles. The predicted octanol–water partition coefficient (Wildman–Crippen LogP) is -1.14. The van der Waals surface area contributed by atoms with Crippen molar-refractivity contribution < 1.29 is 9.59 Å². The van der Waals surface area contributed by atoms with Crippen LogP contribution in [0.15, 0.2) is 28.2 Å². The summed E-state index contributed by atoms with van der Waals surface area (Å²) < 4.78 is 0. The van der Waals surface area contributed by atoms with Crippen LogP contribution in [0.2, 0.25) is 0 Å². The highest BCUT2D eigenvalue weighted by molar-refractivity contribution is 6.36. The molecule has 0 radical (unpaired) electrons. The van der Waals surface area contributed by atoms with Gasteiger partial charge < -0.3 is 0 Å². The van der Waals surface area contributed by atoms with Crippen LogP contribution in [-0.2, 0) is 9.59 Å². The molecule has 0 aromatic heterocycles. The lowest BCUT2D eigenvalue weighted by molar-refractivity contribution is -0.135. The fraction of sp³-hybridized carbons (Fsp3) is 0. The number of fused-ring (bicyclic) bond motifs is 1. The smallest absolute Gasteiger partial charge is 0.261 e. The molecule has 66 valence electrons. The summed E-state index contributed by atoms with van der Waals surface area (Å²) in [7, 11) is 0. The first-order valence-corrected chi connectivity index (χ1v) is 3.76. The summed E-state index contributed by atoms with van der Waals surface area (Å²) in [5.41, 5.74) is 0.379. The number of rotatable bonds is 0. The molecule has 1 aliphatic rings. The molecule has 0 fully saturated rings. The molecule has 14 heavy (non-hydrogen) atoms.